The van der Waals surface area contributed by atoms with Crippen molar-refractivity contribution in [1.29, 1.82) is 10.5 Å². The number of rotatable bonds is 2. The number of nitrogens with two attached hydrogens (primary N) is 1. The standard InChI is InChI=1S/C7H8O3S.C4H5N3O/c1-6-2-4-7(5-3-6)11(8,9)10;5-2-1-4(7,8)3-6/h2-5H,1H3,(H,8,9,10);8H,1,7H2. The number of benzene rings is 1. The molecule has 7 nitrogen and oxygen atoms in total. The summed E-state index contributed by atoms with van der Waals surface area (Å²) in [6, 6.07) is 8.90. The molecule has 1 aromatic carbocycles. The summed E-state index contributed by atoms with van der Waals surface area (Å²) in [5, 5.41) is 24.4. The average molecular weight is 283 g/mol. The Bertz CT molecular complexity index is 594. The van der Waals surface area contributed by atoms with Gasteiger partial charge in [0.2, 0.25) is 5.72 Å². The van der Waals surface area contributed by atoms with Crippen molar-refractivity contribution in [3.8, 4) is 12.1 Å². The fourth-order valence-corrected chi connectivity index (χ4v) is 1.35. The molecule has 19 heavy (non-hydrogen) atoms. The van der Waals surface area contributed by atoms with Crippen molar-refractivity contribution in [3.05, 3.63) is 29.8 Å². The van der Waals surface area contributed by atoms with Crippen LogP contribution in [0, 0.1) is 29.6 Å². The van der Waals surface area contributed by atoms with Crippen LogP contribution in [0.25, 0.3) is 0 Å². The van der Waals surface area contributed by atoms with Crippen molar-refractivity contribution in [2.45, 2.75) is 24.0 Å². The Labute approximate surface area is 111 Å². The van der Waals surface area contributed by atoms with Crippen molar-refractivity contribution in [2.75, 3.05) is 0 Å². The number of nitriles is 2. The predicted octanol–water partition coefficient (Wildman–Crippen LogP) is 0.313. The fraction of sp³-hybridized carbons (Fsp3) is 0.273. The summed E-state index contributed by atoms with van der Waals surface area (Å²) < 4.78 is 29.6. The van der Waals surface area contributed by atoms with Crippen LogP contribution in [0.5, 0.6) is 0 Å². The zero-order chi connectivity index (χ0) is 15.1. The lowest BCUT2D eigenvalue weighted by atomic mass is 10.2. The number of aryl methyl sites for hydroxylation is 1. The number of hydrogen-bond acceptors (Lipinski definition) is 6. The molecule has 0 saturated heterocycles. The molecule has 0 fully saturated rings. The summed E-state index contributed by atoms with van der Waals surface area (Å²) in [4.78, 5) is -0.0666. The molecule has 0 amide bonds. The molecule has 0 bridgehead atoms. The van der Waals surface area contributed by atoms with Gasteiger partial charge in [-0.1, -0.05) is 17.7 Å². The van der Waals surface area contributed by atoms with Gasteiger partial charge in [0.15, 0.2) is 0 Å². The van der Waals surface area contributed by atoms with Crippen molar-refractivity contribution in [3.63, 3.8) is 0 Å². The summed E-state index contributed by atoms with van der Waals surface area (Å²) in [5.74, 6) is 0. The predicted molar refractivity (Wildman–Crippen MR) is 66.0 cm³/mol. The van der Waals surface area contributed by atoms with Crippen LogP contribution in [0.1, 0.15) is 12.0 Å². The summed E-state index contributed by atoms with van der Waals surface area (Å²) in [6.07, 6.45) is -0.358. The third kappa shape index (κ3) is 7.13. The molecule has 0 heterocycles. The third-order valence-electron chi connectivity index (χ3n) is 1.86. The lowest BCUT2D eigenvalue weighted by molar-refractivity contribution is 0.112. The molecule has 1 aromatic rings. The van der Waals surface area contributed by atoms with Crippen molar-refractivity contribution in [1.82, 2.24) is 0 Å². The van der Waals surface area contributed by atoms with E-state index in [-0.39, 0.29) is 11.3 Å². The van der Waals surface area contributed by atoms with Gasteiger partial charge in [-0.3, -0.25) is 10.3 Å². The molecule has 1 rings (SSSR count). The maximum Gasteiger partial charge on any atom is 0.294 e. The average Bonchev–Trinajstić information content (AvgIpc) is 2.29. The van der Waals surface area contributed by atoms with E-state index in [9.17, 15) is 8.42 Å². The van der Waals surface area contributed by atoms with E-state index in [0.29, 0.717) is 0 Å². The van der Waals surface area contributed by atoms with E-state index in [1.807, 2.05) is 6.92 Å². The van der Waals surface area contributed by atoms with E-state index in [0.717, 1.165) is 5.56 Å². The van der Waals surface area contributed by atoms with Crippen LogP contribution in [-0.4, -0.2) is 23.8 Å². The lowest BCUT2D eigenvalue weighted by Gasteiger charge is -2.05. The highest BCUT2D eigenvalue weighted by Crippen LogP contribution is 2.08. The van der Waals surface area contributed by atoms with Gasteiger partial charge in [-0.05, 0) is 19.1 Å². The van der Waals surface area contributed by atoms with Gasteiger partial charge in [0.05, 0.1) is 17.4 Å². The van der Waals surface area contributed by atoms with E-state index in [2.05, 4.69) is 0 Å². The van der Waals surface area contributed by atoms with E-state index >= 15 is 0 Å². The van der Waals surface area contributed by atoms with E-state index in [1.54, 1.807) is 18.2 Å². The van der Waals surface area contributed by atoms with Gasteiger partial charge in [-0.2, -0.15) is 18.9 Å². The SMILES string of the molecule is Cc1ccc(S(=O)(=O)O)cc1.N#CCC(N)(O)C#N. The maximum atomic E-state index is 10.5. The maximum absolute atomic E-state index is 10.5. The van der Waals surface area contributed by atoms with Crippen molar-refractivity contribution < 1.29 is 18.1 Å². The highest BCUT2D eigenvalue weighted by atomic mass is 32.2. The van der Waals surface area contributed by atoms with E-state index in [4.69, 9.17) is 25.9 Å². The van der Waals surface area contributed by atoms with Gasteiger partial charge in [0.25, 0.3) is 10.1 Å². The fourth-order valence-electron chi connectivity index (χ4n) is 0.870. The molecule has 0 aliphatic heterocycles. The van der Waals surface area contributed by atoms with Gasteiger partial charge < -0.3 is 5.11 Å². The van der Waals surface area contributed by atoms with Gasteiger partial charge in [0, 0.05) is 0 Å². The first-order chi connectivity index (χ1) is 8.62. The number of hydrogen-bond donors (Lipinski definition) is 3. The normalized spacial score (nSPS) is 13.2. The van der Waals surface area contributed by atoms with Crippen LogP contribution in [0.15, 0.2) is 29.2 Å². The first-order valence-corrected chi connectivity index (χ1v) is 6.40. The monoisotopic (exact) mass is 283 g/mol. The zero-order valence-electron chi connectivity index (χ0n) is 10.1. The molecule has 0 spiro atoms. The van der Waals surface area contributed by atoms with Crippen LogP contribution < -0.4 is 5.73 Å². The first kappa shape index (κ1) is 17.0. The van der Waals surface area contributed by atoms with Crippen LogP contribution in [0.4, 0.5) is 0 Å². The Hall–Kier alpha value is -1.97. The third-order valence-corrected chi connectivity index (χ3v) is 2.73. The van der Waals surface area contributed by atoms with Gasteiger partial charge >= 0.3 is 0 Å². The second kappa shape index (κ2) is 6.83. The molecule has 0 saturated carbocycles. The van der Waals surface area contributed by atoms with Gasteiger partial charge in [-0.15, -0.1) is 0 Å². The van der Waals surface area contributed by atoms with Gasteiger partial charge in [-0.25, -0.2) is 0 Å². The topological polar surface area (TPSA) is 148 Å². The molecule has 8 heteroatoms. The quantitative estimate of drug-likeness (QED) is 0.402. The minimum absolute atomic E-state index is 0.0666. The molecule has 0 aliphatic rings. The summed E-state index contributed by atoms with van der Waals surface area (Å²) in [5.41, 5.74) is 3.79. The summed E-state index contributed by atoms with van der Waals surface area (Å²) in [7, 11) is -4.02. The molecule has 0 radical (unpaired) electrons. The van der Waals surface area contributed by atoms with E-state index in [1.165, 1.54) is 18.2 Å². The second-order valence-corrected chi connectivity index (χ2v) is 5.08. The molecule has 1 unspecified atom stereocenters. The first-order valence-electron chi connectivity index (χ1n) is 4.96. The van der Waals surface area contributed by atoms with Crippen molar-refractivity contribution in [2.24, 2.45) is 5.73 Å². The smallest absolute Gasteiger partial charge is 0.294 e. The summed E-state index contributed by atoms with van der Waals surface area (Å²) in [6.45, 7) is 1.84. The molecule has 0 aromatic heterocycles. The molecular weight excluding hydrogens is 270 g/mol. The Balaban J connectivity index is 0.000000362. The second-order valence-electron chi connectivity index (χ2n) is 3.66. The molecule has 102 valence electrons. The van der Waals surface area contributed by atoms with Crippen LogP contribution in [-0.2, 0) is 10.1 Å². The Kier molecular flexibility index (Phi) is 6.12. The number of nitrogens with zero attached hydrogens (tertiary/aromatic N) is 2. The largest absolute Gasteiger partial charge is 0.363 e. The van der Waals surface area contributed by atoms with Crippen molar-refractivity contribution >= 4 is 10.1 Å². The minimum atomic E-state index is -4.02. The molecule has 4 N–H and O–H groups in total. The van der Waals surface area contributed by atoms with Crippen LogP contribution in [0.2, 0.25) is 0 Å². The van der Waals surface area contributed by atoms with Crippen LogP contribution in [0.3, 0.4) is 0 Å². The Morgan fingerprint density at radius 3 is 2.05 bits per heavy atom. The Morgan fingerprint density at radius 2 is 1.79 bits per heavy atom. The van der Waals surface area contributed by atoms with E-state index < -0.39 is 15.8 Å². The number of aliphatic hydroxyl groups is 1. The molecule has 1 atom stereocenters. The molecule has 0 aliphatic carbocycles. The molecular formula is C11H13N3O4S. The zero-order valence-corrected chi connectivity index (χ0v) is 10.9. The van der Waals surface area contributed by atoms with Gasteiger partial charge in [0.1, 0.15) is 6.07 Å². The highest BCUT2D eigenvalue weighted by molar-refractivity contribution is 7.85. The Morgan fingerprint density at radius 1 is 1.32 bits per heavy atom. The van der Waals surface area contributed by atoms with Crippen LogP contribution >= 0.6 is 0 Å². The lowest BCUT2D eigenvalue weighted by Crippen LogP contribution is -2.36. The minimum Gasteiger partial charge on any atom is -0.363 e. The highest BCUT2D eigenvalue weighted by Gasteiger charge is 2.18. The summed E-state index contributed by atoms with van der Waals surface area (Å²) >= 11 is 0.